The maximum absolute atomic E-state index is 6.07. The second-order valence-corrected chi connectivity index (χ2v) is 5.67. The van der Waals surface area contributed by atoms with Crippen molar-refractivity contribution >= 4 is 11.6 Å². The molecule has 0 aliphatic carbocycles. The van der Waals surface area contributed by atoms with Crippen LogP contribution in [0.25, 0.3) is 0 Å². The van der Waals surface area contributed by atoms with Gasteiger partial charge in [-0.15, -0.1) is 0 Å². The average Bonchev–Trinajstić information content (AvgIpc) is 2.64. The number of nitrogens with one attached hydrogen (secondary N) is 1. The van der Waals surface area contributed by atoms with Crippen LogP contribution in [0, 0.1) is 6.92 Å². The fourth-order valence-electron chi connectivity index (χ4n) is 2.98. The fraction of sp³-hybridized carbons (Fsp3) is 0.571. The highest BCUT2D eigenvalue weighted by Gasteiger charge is 2.34. The van der Waals surface area contributed by atoms with Gasteiger partial charge in [-0.2, -0.15) is 0 Å². The van der Waals surface area contributed by atoms with Crippen LogP contribution in [0.4, 0.5) is 0 Å². The van der Waals surface area contributed by atoms with Gasteiger partial charge in [-0.05, 0) is 56.4 Å². The number of halogens is 1. The van der Waals surface area contributed by atoms with E-state index in [2.05, 4.69) is 5.32 Å². The Bertz CT molecular complexity index is 409. The molecule has 0 aromatic heterocycles. The zero-order valence-electron chi connectivity index (χ0n) is 10.1. The molecule has 3 rings (SSSR count). The van der Waals surface area contributed by atoms with Crippen LogP contribution < -0.4 is 10.1 Å². The van der Waals surface area contributed by atoms with Gasteiger partial charge in [0.15, 0.2) is 0 Å². The first-order chi connectivity index (χ1) is 8.20. The molecule has 2 nitrogen and oxygen atoms in total. The lowest BCUT2D eigenvalue weighted by Gasteiger charge is -2.29. The molecule has 17 heavy (non-hydrogen) atoms. The summed E-state index contributed by atoms with van der Waals surface area (Å²) in [5.74, 6) is 0.957. The molecule has 0 saturated carbocycles. The molecule has 1 aromatic rings. The minimum atomic E-state index is 0.370. The van der Waals surface area contributed by atoms with Gasteiger partial charge in [0, 0.05) is 17.1 Å². The average molecular weight is 252 g/mol. The van der Waals surface area contributed by atoms with Gasteiger partial charge in [0.2, 0.25) is 0 Å². The predicted octanol–water partition coefficient (Wildman–Crippen LogP) is 3.31. The Morgan fingerprint density at radius 1 is 1.24 bits per heavy atom. The van der Waals surface area contributed by atoms with Crippen molar-refractivity contribution in [3.63, 3.8) is 0 Å². The highest BCUT2D eigenvalue weighted by Crippen LogP contribution is 2.30. The first-order valence-electron chi connectivity index (χ1n) is 6.39. The largest absolute Gasteiger partial charge is 0.490 e. The zero-order valence-corrected chi connectivity index (χ0v) is 10.8. The monoisotopic (exact) mass is 251 g/mol. The zero-order chi connectivity index (χ0) is 11.8. The molecule has 2 bridgehead atoms. The van der Waals surface area contributed by atoms with Crippen LogP contribution in [0.5, 0.6) is 5.75 Å². The molecule has 2 aliphatic heterocycles. The lowest BCUT2D eigenvalue weighted by Crippen LogP contribution is -2.42. The number of aryl methyl sites for hydroxylation is 1. The van der Waals surface area contributed by atoms with Crippen LogP contribution >= 0.6 is 11.6 Å². The van der Waals surface area contributed by atoms with E-state index >= 15 is 0 Å². The van der Waals surface area contributed by atoms with E-state index in [9.17, 15) is 0 Å². The highest BCUT2D eigenvalue weighted by atomic mass is 35.5. The van der Waals surface area contributed by atoms with Crippen LogP contribution in [0.2, 0.25) is 5.02 Å². The van der Waals surface area contributed by atoms with Crippen molar-refractivity contribution in [2.75, 3.05) is 0 Å². The van der Waals surface area contributed by atoms with Crippen LogP contribution in [0.1, 0.15) is 31.2 Å². The summed E-state index contributed by atoms with van der Waals surface area (Å²) in [5.41, 5.74) is 1.08. The molecule has 1 N–H and O–H groups in total. The molecule has 2 atom stereocenters. The van der Waals surface area contributed by atoms with E-state index in [-0.39, 0.29) is 0 Å². The maximum atomic E-state index is 6.07. The summed E-state index contributed by atoms with van der Waals surface area (Å²) in [6, 6.07) is 7.27. The third-order valence-corrected chi connectivity index (χ3v) is 4.29. The third-order valence-electron chi connectivity index (χ3n) is 3.86. The Balaban J connectivity index is 1.68. The quantitative estimate of drug-likeness (QED) is 0.871. The maximum Gasteiger partial charge on any atom is 0.120 e. The third kappa shape index (κ3) is 2.43. The molecule has 92 valence electrons. The summed E-state index contributed by atoms with van der Waals surface area (Å²) in [5, 5.41) is 4.43. The van der Waals surface area contributed by atoms with E-state index < -0.39 is 0 Å². The SMILES string of the molecule is Cc1cc(OC2CC3CCC(C2)N3)ccc1Cl. The van der Waals surface area contributed by atoms with Crippen molar-refractivity contribution < 1.29 is 4.74 Å². The molecule has 0 radical (unpaired) electrons. The summed E-state index contributed by atoms with van der Waals surface area (Å²) in [6.45, 7) is 2.02. The minimum absolute atomic E-state index is 0.370. The van der Waals surface area contributed by atoms with Crippen LogP contribution in [0.15, 0.2) is 18.2 Å². The summed E-state index contributed by atoms with van der Waals surface area (Å²) >= 11 is 6.01. The van der Waals surface area contributed by atoms with Gasteiger partial charge in [-0.25, -0.2) is 0 Å². The topological polar surface area (TPSA) is 21.3 Å². The van der Waals surface area contributed by atoms with E-state index in [0.717, 1.165) is 29.2 Å². The van der Waals surface area contributed by atoms with Crippen molar-refractivity contribution in [3.05, 3.63) is 28.8 Å². The Morgan fingerprint density at radius 2 is 1.94 bits per heavy atom. The molecular formula is C14H18ClNO. The number of hydrogen-bond acceptors (Lipinski definition) is 2. The first kappa shape index (κ1) is 11.4. The number of benzene rings is 1. The van der Waals surface area contributed by atoms with Gasteiger partial charge < -0.3 is 10.1 Å². The Morgan fingerprint density at radius 3 is 2.59 bits per heavy atom. The van der Waals surface area contributed by atoms with Crippen LogP contribution in [-0.4, -0.2) is 18.2 Å². The molecular weight excluding hydrogens is 234 g/mol. The second-order valence-electron chi connectivity index (χ2n) is 5.26. The smallest absolute Gasteiger partial charge is 0.120 e. The predicted molar refractivity (Wildman–Crippen MR) is 69.8 cm³/mol. The molecule has 2 aliphatic rings. The van der Waals surface area contributed by atoms with Crippen molar-refractivity contribution in [2.24, 2.45) is 0 Å². The molecule has 0 amide bonds. The van der Waals surface area contributed by atoms with E-state index in [4.69, 9.17) is 16.3 Å². The van der Waals surface area contributed by atoms with E-state index in [1.807, 2.05) is 25.1 Å². The fourth-order valence-corrected chi connectivity index (χ4v) is 3.10. The summed E-state index contributed by atoms with van der Waals surface area (Å²) in [7, 11) is 0. The van der Waals surface area contributed by atoms with E-state index in [0.29, 0.717) is 18.2 Å². The van der Waals surface area contributed by atoms with E-state index in [1.54, 1.807) is 0 Å². The lowest BCUT2D eigenvalue weighted by molar-refractivity contribution is 0.137. The molecule has 2 heterocycles. The number of hydrogen-bond donors (Lipinski definition) is 1. The van der Waals surface area contributed by atoms with Gasteiger partial charge in [0.1, 0.15) is 11.9 Å². The molecule has 2 saturated heterocycles. The van der Waals surface area contributed by atoms with Gasteiger partial charge >= 0.3 is 0 Å². The van der Waals surface area contributed by atoms with Crippen LogP contribution in [0.3, 0.4) is 0 Å². The summed E-state index contributed by atoms with van der Waals surface area (Å²) in [4.78, 5) is 0. The standard InChI is InChI=1S/C14H18ClNO/c1-9-6-12(4-5-14(9)15)17-13-7-10-2-3-11(8-13)16-10/h4-6,10-11,13,16H,2-3,7-8H2,1H3. The van der Waals surface area contributed by atoms with Crippen molar-refractivity contribution in [1.82, 2.24) is 5.32 Å². The van der Waals surface area contributed by atoms with E-state index in [1.165, 1.54) is 12.8 Å². The number of fused-ring (bicyclic) bond motifs is 2. The molecule has 2 fully saturated rings. The Hall–Kier alpha value is -0.730. The Kier molecular flexibility index (Phi) is 3.01. The molecule has 3 heteroatoms. The summed E-state index contributed by atoms with van der Waals surface area (Å²) < 4.78 is 6.07. The minimum Gasteiger partial charge on any atom is -0.490 e. The Labute approximate surface area is 107 Å². The normalized spacial score (nSPS) is 31.5. The summed E-state index contributed by atoms with van der Waals surface area (Å²) in [6.07, 6.45) is 5.26. The number of piperidine rings is 1. The van der Waals surface area contributed by atoms with Gasteiger partial charge in [-0.3, -0.25) is 0 Å². The molecule has 1 aromatic carbocycles. The molecule has 2 unspecified atom stereocenters. The first-order valence-corrected chi connectivity index (χ1v) is 6.77. The van der Waals surface area contributed by atoms with Gasteiger partial charge in [0.25, 0.3) is 0 Å². The number of ether oxygens (including phenoxy) is 1. The number of rotatable bonds is 2. The highest BCUT2D eigenvalue weighted by molar-refractivity contribution is 6.31. The lowest BCUT2D eigenvalue weighted by atomic mass is 10.0. The van der Waals surface area contributed by atoms with Gasteiger partial charge in [-0.1, -0.05) is 11.6 Å². The van der Waals surface area contributed by atoms with Gasteiger partial charge in [0.05, 0.1) is 0 Å². The van der Waals surface area contributed by atoms with Crippen molar-refractivity contribution in [3.8, 4) is 5.75 Å². The van der Waals surface area contributed by atoms with Crippen molar-refractivity contribution in [2.45, 2.75) is 50.8 Å². The van der Waals surface area contributed by atoms with Crippen molar-refractivity contribution in [1.29, 1.82) is 0 Å². The molecule has 0 spiro atoms. The van der Waals surface area contributed by atoms with Crippen LogP contribution in [-0.2, 0) is 0 Å². The second kappa shape index (κ2) is 4.51.